The highest BCUT2D eigenvalue weighted by Gasteiger charge is 2.12. The van der Waals surface area contributed by atoms with Crippen LogP contribution < -0.4 is 9.62 Å². The fraction of sp³-hybridized carbons (Fsp3) is 0.444. The molecule has 6 heteroatoms. The van der Waals surface area contributed by atoms with E-state index in [4.69, 9.17) is 0 Å². The topological polar surface area (TPSA) is 62.3 Å². The van der Waals surface area contributed by atoms with Gasteiger partial charge in [0.25, 0.3) is 0 Å². The van der Waals surface area contributed by atoms with Crippen LogP contribution in [0.2, 0.25) is 0 Å². The van der Waals surface area contributed by atoms with Crippen molar-refractivity contribution in [2.24, 2.45) is 0 Å². The van der Waals surface area contributed by atoms with Gasteiger partial charge in [0.1, 0.15) is 0 Å². The van der Waals surface area contributed by atoms with Gasteiger partial charge in [-0.25, -0.2) is 8.42 Å². The van der Waals surface area contributed by atoms with Gasteiger partial charge in [-0.15, -0.1) is 0 Å². The summed E-state index contributed by atoms with van der Waals surface area (Å²) in [4.78, 5) is 3.99. The molecule has 1 aromatic rings. The number of rotatable bonds is 4. The molecule has 0 fully saturated rings. The first-order valence-electron chi connectivity index (χ1n) is 4.47. The monoisotopic (exact) mass is 229 g/mol. The number of hydrogen-bond acceptors (Lipinski definition) is 4. The summed E-state index contributed by atoms with van der Waals surface area (Å²) in [5.41, 5.74) is 1.52. The average Bonchev–Trinajstić information content (AvgIpc) is 2.16. The van der Waals surface area contributed by atoms with Crippen LogP contribution in [0.3, 0.4) is 0 Å². The molecule has 0 aliphatic heterocycles. The van der Waals surface area contributed by atoms with E-state index in [0.29, 0.717) is 12.2 Å². The summed E-state index contributed by atoms with van der Waals surface area (Å²) >= 11 is 0. The quantitative estimate of drug-likeness (QED) is 0.801. The maximum Gasteiger partial charge on any atom is 0.232 e. The fourth-order valence-corrected chi connectivity index (χ4v) is 1.62. The van der Waals surface area contributed by atoms with Gasteiger partial charge >= 0.3 is 0 Å². The van der Waals surface area contributed by atoms with E-state index in [-0.39, 0.29) is 0 Å². The second kappa shape index (κ2) is 4.59. The SMILES string of the molecule is CNCc1cncc(N(C)S(C)(=O)=O)c1. The Morgan fingerprint density at radius 2 is 2.13 bits per heavy atom. The lowest BCUT2D eigenvalue weighted by molar-refractivity contribution is 0.600. The van der Waals surface area contributed by atoms with Crippen LogP contribution >= 0.6 is 0 Å². The zero-order chi connectivity index (χ0) is 11.5. The van der Waals surface area contributed by atoms with Crippen molar-refractivity contribution in [1.29, 1.82) is 0 Å². The van der Waals surface area contributed by atoms with Crippen molar-refractivity contribution in [3.8, 4) is 0 Å². The Bertz CT molecular complexity index is 431. The second-order valence-electron chi connectivity index (χ2n) is 3.31. The van der Waals surface area contributed by atoms with E-state index >= 15 is 0 Å². The second-order valence-corrected chi connectivity index (χ2v) is 5.33. The van der Waals surface area contributed by atoms with E-state index < -0.39 is 10.0 Å². The van der Waals surface area contributed by atoms with Crippen molar-refractivity contribution >= 4 is 15.7 Å². The summed E-state index contributed by atoms with van der Waals surface area (Å²) in [6, 6.07) is 1.80. The molecule has 0 aromatic carbocycles. The molecule has 15 heavy (non-hydrogen) atoms. The number of nitrogens with zero attached hydrogens (tertiary/aromatic N) is 2. The molecule has 0 unspecified atom stereocenters. The molecular formula is C9H15N3O2S. The van der Waals surface area contributed by atoms with Crippen LogP contribution in [0, 0.1) is 0 Å². The average molecular weight is 229 g/mol. The number of anilines is 1. The standard InChI is InChI=1S/C9H15N3O2S/c1-10-5-8-4-9(7-11-6-8)12(2)15(3,13)14/h4,6-7,10H,5H2,1-3H3. The molecule has 0 saturated carbocycles. The zero-order valence-electron chi connectivity index (χ0n) is 9.06. The van der Waals surface area contributed by atoms with Crippen LogP contribution in [0.25, 0.3) is 0 Å². The van der Waals surface area contributed by atoms with Gasteiger partial charge in [-0.2, -0.15) is 0 Å². The van der Waals surface area contributed by atoms with Gasteiger partial charge in [0.15, 0.2) is 0 Å². The normalized spacial score (nSPS) is 11.4. The minimum atomic E-state index is -3.21. The molecule has 0 atom stereocenters. The predicted molar refractivity (Wildman–Crippen MR) is 60.2 cm³/mol. The first-order chi connectivity index (χ1) is 6.95. The number of nitrogens with one attached hydrogen (secondary N) is 1. The number of pyridine rings is 1. The Kier molecular flexibility index (Phi) is 3.65. The fourth-order valence-electron chi connectivity index (χ4n) is 1.14. The molecule has 0 saturated heterocycles. The molecule has 0 aliphatic carbocycles. The van der Waals surface area contributed by atoms with Gasteiger partial charge in [-0.3, -0.25) is 9.29 Å². The molecule has 1 N–H and O–H groups in total. The predicted octanol–water partition coefficient (Wildman–Crippen LogP) is 0.197. The van der Waals surface area contributed by atoms with Gasteiger partial charge in [0.05, 0.1) is 18.1 Å². The smallest absolute Gasteiger partial charge is 0.232 e. The Balaban J connectivity index is 3.00. The summed E-state index contributed by atoms with van der Waals surface area (Å²) in [5.74, 6) is 0. The van der Waals surface area contributed by atoms with Crippen LogP contribution in [0.1, 0.15) is 5.56 Å². The van der Waals surface area contributed by atoms with Gasteiger partial charge in [0, 0.05) is 19.8 Å². The van der Waals surface area contributed by atoms with Crippen molar-refractivity contribution in [3.63, 3.8) is 0 Å². The Hall–Kier alpha value is -1.14. The minimum absolute atomic E-state index is 0.574. The lowest BCUT2D eigenvalue weighted by Crippen LogP contribution is -2.25. The maximum absolute atomic E-state index is 11.3. The van der Waals surface area contributed by atoms with E-state index in [0.717, 1.165) is 11.8 Å². The summed E-state index contributed by atoms with van der Waals surface area (Å²) in [7, 11) is 0.121. The van der Waals surface area contributed by atoms with Crippen molar-refractivity contribution in [1.82, 2.24) is 10.3 Å². The first kappa shape index (κ1) is 11.9. The van der Waals surface area contributed by atoms with Crippen LogP contribution in [0.15, 0.2) is 18.5 Å². The summed E-state index contributed by atoms with van der Waals surface area (Å²) in [6.07, 6.45) is 4.40. The Labute approximate surface area is 90.2 Å². The van der Waals surface area contributed by atoms with Gasteiger partial charge in [-0.05, 0) is 18.7 Å². The van der Waals surface area contributed by atoms with Gasteiger partial charge < -0.3 is 5.32 Å². The number of sulfonamides is 1. The van der Waals surface area contributed by atoms with Gasteiger partial charge in [0.2, 0.25) is 10.0 Å². The maximum atomic E-state index is 11.3. The molecule has 0 amide bonds. The molecule has 84 valence electrons. The lowest BCUT2D eigenvalue weighted by Gasteiger charge is -2.16. The van der Waals surface area contributed by atoms with Crippen LogP contribution in [0.4, 0.5) is 5.69 Å². The molecule has 1 rings (SSSR count). The molecule has 5 nitrogen and oxygen atoms in total. The third-order valence-electron chi connectivity index (χ3n) is 2.02. The highest BCUT2D eigenvalue weighted by Crippen LogP contribution is 2.15. The van der Waals surface area contributed by atoms with E-state index in [9.17, 15) is 8.42 Å². The van der Waals surface area contributed by atoms with Crippen LogP contribution in [-0.4, -0.2) is 33.8 Å². The first-order valence-corrected chi connectivity index (χ1v) is 6.32. The van der Waals surface area contributed by atoms with E-state index in [1.54, 1.807) is 12.3 Å². The number of hydrogen-bond donors (Lipinski definition) is 1. The summed E-state index contributed by atoms with van der Waals surface area (Å²) in [6.45, 7) is 0.665. The molecule has 1 heterocycles. The molecule has 0 radical (unpaired) electrons. The van der Waals surface area contributed by atoms with Crippen molar-refractivity contribution in [3.05, 3.63) is 24.0 Å². The van der Waals surface area contributed by atoms with Crippen molar-refractivity contribution < 1.29 is 8.42 Å². The summed E-state index contributed by atoms with van der Waals surface area (Å²) < 4.78 is 23.8. The Morgan fingerprint density at radius 1 is 1.47 bits per heavy atom. The Morgan fingerprint density at radius 3 is 2.67 bits per heavy atom. The van der Waals surface area contributed by atoms with E-state index in [1.165, 1.54) is 17.5 Å². The minimum Gasteiger partial charge on any atom is -0.316 e. The van der Waals surface area contributed by atoms with Crippen LogP contribution in [0.5, 0.6) is 0 Å². The zero-order valence-corrected chi connectivity index (χ0v) is 9.87. The highest BCUT2D eigenvalue weighted by molar-refractivity contribution is 7.92. The van der Waals surface area contributed by atoms with Crippen LogP contribution in [-0.2, 0) is 16.6 Å². The molecule has 1 aromatic heterocycles. The molecule has 0 aliphatic rings. The van der Waals surface area contributed by atoms with E-state index in [1.807, 2.05) is 7.05 Å². The van der Waals surface area contributed by atoms with Crippen molar-refractivity contribution in [2.45, 2.75) is 6.54 Å². The highest BCUT2D eigenvalue weighted by atomic mass is 32.2. The molecule has 0 spiro atoms. The van der Waals surface area contributed by atoms with E-state index in [2.05, 4.69) is 10.3 Å². The largest absolute Gasteiger partial charge is 0.316 e. The molecule has 0 bridgehead atoms. The lowest BCUT2D eigenvalue weighted by atomic mass is 10.2. The summed E-state index contributed by atoms with van der Waals surface area (Å²) in [5, 5.41) is 2.98. The molecular weight excluding hydrogens is 214 g/mol. The third kappa shape index (κ3) is 3.17. The number of aromatic nitrogens is 1. The van der Waals surface area contributed by atoms with Crippen molar-refractivity contribution in [2.75, 3.05) is 24.7 Å². The van der Waals surface area contributed by atoms with Gasteiger partial charge in [-0.1, -0.05) is 0 Å². The third-order valence-corrected chi connectivity index (χ3v) is 3.23.